The first kappa shape index (κ1) is 16.8. The third kappa shape index (κ3) is 3.54. The molecule has 2 aromatic rings. The molecule has 24 heavy (non-hydrogen) atoms. The van der Waals surface area contributed by atoms with E-state index in [9.17, 15) is 9.90 Å². The van der Waals surface area contributed by atoms with Gasteiger partial charge in [0.25, 0.3) is 0 Å². The van der Waals surface area contributed by atoms with Gasteiger partial charge in [0.1, 0.15) is 5.60 Å². The summed E-state index contributed by atoms with van der Waals surface area (Å²) in [7, 11) is 0. The van der Waals surface area contributed by atoms with Gasteiger partial charge < -0.3 is 14.7 Å². The summed E-state index contributed by atoms with van der Waals surface area (Å²) in [4.78, 5) is 14.1. The topological polar surface area (TPSA) is 49.8 Å². The Morgan fingerprint density at radius 2 is 1.92 bits per heavy atom. The van der Waals surface area contributed by atoms with E-state index in [4.69, 9.17) is 4.74 Å². The van der Waals surface area contributed by atoms with Crippen molar-refractivity contribution in [2.75, 3.05) is 13.2 Å². The van der Waals surface area contributed by atoms with E-state index in [2.05, 4.69) is 30.3 Å². The van der Waals surface area contributed by atoms with Gasteiger partial charge in [-0.05, 0) is 43.5 Å². The third-order valence-electron chi connectivity index (χ3n) is 4.50. The van der Waals surface area contributed by atoms with Crippen LogP contribution in [0.4, 0.5) is 4.79 Å². The fraction of sp³-hybridized carbons (Fsp3) is 0.450. The third-order valence-corrected chi connectivity index (χ3v) is 4.50. The van der Waals surface area contributed by atoms with Crippen molar-refractivity contribution in [3.05, 3.63) is 48.0 Å². The van der Waals surface area contributed by atoms with E-state index in [0.29, 0.717) is 6.54 Å². The van der Waals surface area contributed by atoms with Crippen LogP contribution in [0.15, 0.2) is 42.5 Å². The van der Waals surface area contributed by atoms with Gasteiger partial charge in [-0.2, -0.15) is 0 Å². The van der Waals surface area contributed by atoms with Gasteiger partial charge >= 0.3 is 6.09 Å². The second-order valence-electron chi connectivity index (χ2n) is 7.51. The number of hydrogen-bond donors (Lipinski definition) is 1. The van der Waals surface area contributed by atoms with Crippen LogP contribution >= 0.6 is 0 Å². The zero-order valence-electron chi connectivity index (χ0n) is 14.5. The molecule has 2 aromatic carbocycles. The molecule has 1 fully saturated rings. The molecule has 3 rings (SSSR count). The SMILES string of the molecule is CC(C)(C)OC(=O)N1C[C@H](c2ccc3ccccc3c2)C[C@H]1CO. The highest BCUT2D eigenvalue weighted by atomic mass is 16.6. The fourth-order valence-electron chi connectivity index (χ4n) is 3.34. The predicted octanol–water partition coefficient (Wildman–Crippen LogP) is 3.93. The first-order chi connectivity index (χ1) is 11.4. The minimum absolute atomic E-state index is 0.0384. The molecule has 0 radical (unpaired) electrons. The van der Waals surface area contributed by atoms with Gasteiger partial charge in [0, 0.05) is 12.5 Å². The number of carbonyl (C=O) groups excluding carboxylic acids is 1. The lowest BCUT2D eigenvalue weighted by Crippen LogP contribution is -2.41. The monoisotopic (exact) mass is 327 g/mol. The fourth-order valence-corrected chi connectivity index (χ4v) is 3.34. The molecule has 1 N–H and O–H groups in total. The molecule has 2 atom stereocenters. The lowest BCUT2D eigenvalue weighted by atomic mass is 9.94. The van der Waals surface area contributed by atoms with E-state index in [0.717, 1.165) is 6.42 Å². The van der Waals surface area contributed by atoms with Crippen LogP contribution < -0.4 is 0 Å². The van der Waals surface area contributed by atoms with E-state index in [-0.39, 0.29) is 24.7 Å². The van der Waals surface area contributed by atoms with Crippen molar-refractivity contribution in [1.82, 2.24) is 4.90 Å². The van der Waals surface area contributed by atoms with E-state index < -0.39 is 5.60 Å². The van der Waals surface area contributed by atoms with E-state index in [1.165, 1.54) is 16.3 Å². The van der Waals surface area contributed by atoms with Crippen molar-refractivity contribution < 1.29 is 14.6 Å². The van der Waals surface area contributed by atoms with Crippen LogP contribution in [-0.2, 0) is 4.74 Å². The van der Waals surface area contributed by atoms with Crippen LogP contribution in [0.5, 0.6) is 0 Å². The van der Waals surface area contributed by atoms with Crippen molar-refractivity contribution in [2.24, 2.45) is 0 Å². The maximum Gasteiger partial charge on any atom is 0.410 e. The number of ether oxygens (including phenoxy) is 1. The minimum Gasteiger partial charge on any atom is -0.444 e. The first-order valence-electron chi connectivity index (χ1n) is 8.46. The summed E-state index contributed by atoms with van der Waals surface area (Å²) >= 11 is 0. The summed E-state index contributed by atoms with van der Waals surface area (Å²) in [6.45, 7) is 6.11. The Bertz CT molecular complexity index is 735. The Hall–Kier alpha value is -2.07. The van der Waals surface area contributed by atoms with Crippen LogP contribution in [0.1, 0.15) is 38.7 Å². The second kappa shape index (κ2) is 6.44. The number of hydrogen-bond acceptors (Lipinski definition) is 3. The molecular weight excluding hydrogens is 302 g/mol. The van der Waals surface area contributed by atoms with E-state index >= 15 is 0 Å². The minimum atomic E-state index is -0.530. The lowest BCUT2D eigenvalue weighted by molar-refractivity contribution is 0.0174. The standard InChI is InChI=1S/C20H25NO3/c1-20(2,3)24-19(23)21-12-17(11-18(21)13-22)16-9-8-14-6-4-5-7-15(14)10-16/h4-10,17-18,22H,11-13H2,1-3H3/t17-,18+/m1/s1. The molecule has 128 valence electrons. The normalized spacial score (nSPS) is 21.2. The van der Waals surface area contributed by atoms with Crippen molar-refractivity contribution >= 4 is 16.9 Å². The molecule has 1 aliphatic rings. The quantitative estimate of drug-likeness (QED) is 0.909. The first-order valence-corrected chi connectivity index (χ1v) is 8.46. The van der Waals surface area contributed by atoms with Crippen molar-refractivity contribution in [3.8, 4) is 0 Å². The number of aliphatic hydroxyl groups is 1. The zero-order chi connectivity index (χ0) is 17.3. The van der Waals surface area contributed by atoms with Crippen LogP contribution in [0.2, 0.25) is 0 Å². The predicted molar refractivity (Wildman–Crippen MR) is 95.1 cm³/mol. The number of nitrogens with zero attached hydrogens (tertiary/aromatic N) is 1. The Labute approximate surface area is 143 Å². The van der Waals surface area contributed by atoms with Crippen molar-refractivity contribution in [2.45, 2.75) is 44.8 Å². The highest BCUT2D eigenvalue weighted by Crippen LogP contribution is 2.34. The number of benzene rings is 2. The van der Waals surface area contributed by atoms with Crippen molar-refractivity contribution in [1.29, 1.82) is 0 Å². The summed E-state index contributed by atoms with van der Waals surface area (Å²) in [6, 6.07) is 14.5. The van der Waals surface area contributed by atoms with Gasteiger partial charge in [-0.15, -0.1) is 0 Å². The van der Waals surface area contributed by atoms with Gasteiger partial charge in [0.05, 0.1) is 12.6 Å². The van der Waals surface area contributed by atoms with Gasteiger partial charge in [0.2, 0.25) is 0 Å². The molecule has 4 heteroatoms. The molecule has 4 nitrogen and oxygen atoms in total. The number of aliphatic hydroxyl groups excluding tert-OH is 1. The molecule has 0 aromatic heterocycles. The Morgan fingerprint density at radius 3 is 2.58 bits per heavy atom. The average molecular weight is 327 g/mol. The number of carbonyl (C=O) groups is 1. The van der Waals surface area contributed by atoms with Crippen molar-refractivity contribution in [3.63, 3.8) is 0 Å². The van der Waals surface area contributed by atoms with Gasteiger partial charge in [-0.25, -0.2) is 4.79 Å². The maximum atomic E-state index is 12.4. The van der Waals surface area contributed by atoms with Gasteiger partial charge in [-0.1, -0.05) is 42.5 Å². The van der Waals surface area contributed by atoms with Gasteiger partial charge in [0.15, 0.2) is 0 Å². The summed E-state index contributed by atoms with van der Waals surface area (Å²) in [5, 5.41) is 12.1. The van der Waals surface area contributed by atoms with E-state index in [1.807, 2.05) is 32.9 Å². The Kier molecular flexibility index (Phi) is 4.50. The van der Waals surface area contributed by atoms with Crippen LogP contribution in [0.3, 0.4) is 0 Å². The van der Waals surface area contributed by atoms with Crippen LogP contribution in [0.25, 0.3) is 10.8 Å². The molecule has 0 spiro atoms. The largest absolute Gasteiger partial charge is 0.444 e. The molecule has 0 bridgehead atoms. The van der Waals surface area contributed by atoms with Gasteiger partial charge in [-0.3, -0.25) is 0 Å². The molecule has 0 unspecified atom stereocenters. The molecule has 0 aliphatic carbocycles. The molecule has 0 saturated carbocycles. The Balaban J connectivity index is 1.81. The molecular formula is C20H25NO3. The molecule has 1 aliphatic heterocycles. The molecule has 1 saturated heterocycles. The zero-order valence-corrected chi connectivity index (χ0v) is 14.5. The average Bonchev–Trinajstić information content (AvgIpc) is 2.97. The van der Waals surface area contributed by atoms with Crippen LogP contribution in [0, 0.1) is 0 Å². The highest BCUT2D eigenvalue weighted by Gasteiger charge is 2.37. The molecule has 1 amide bonds. The summed E-state index contributed by atoms with van der Waals surface area (Å²) in [6.07, 6.45) is 0.415. The Morgan fingerprint density at radius 1 is 1.21 bits per heavy atom. The van der Waals surface area contributed by atoms with Crippen LogP contribution in [-0.4, -0.2) is 40.9 Å². The number of amides is 1. The number of rotatable bonds is 2. The summed E-state index contributed by atoms with van der Waals surface area (Å²) in [5.74, 6) is 0.222. The molecule has 1 heterocycles. The summed E-state index contributed by atoms with van der Waals surface area (Å²) in [5.41, 5.74) is 0.677. The maximum absolute atomic E-state index is 12.4. The number of likely N-dealkylation sites (tertiary alicyclic amines) is 1. The summed E-state index contributed by atoms with van der Waals surface area (Å²) < 4.78 is 5.48. The number of fused-ring (bicyclic) bond motifs is 1. The lowest BCUT2D eigenvalue weighted by Gasteiger charge is -2.27. The highest BCUT2D eigenvalue weighted by molar-refractivity contribution is 5.83. The second-order valence-corrected chi connectivity index (χ2v) is 7.51. The smallest absolute Gasteiger partial charge is 0.410 e. The van der Waals surface area contributed by atoms with E-state index in [1.54, 1.807) is 4.90 Å².